The van der Waals surface area contributed by atoms with Crippen molar-refractivity contribution >= 4 is 11.7 Å². The van der Waals surface area contributed by atoms with Crippen molar-refractivity contribution in [3.8, 4) is 11.5 Å². The van der Waals surface area contributed by atoms with E-state index in [1.165, 1.54) is 18.2 Å². The van der Waals surface area contributed by atoms with Gasteiger partial charge in [0, 0.05) is 19.0 Å². The second kappa shape index (κ2) is 5.68. The number of likely N-dealkylation sites (tertiary alicyclic amines) is 1. The summed E-state index contributed by atoms with van der Waals surface area (Å²) in [4.78, 5) is 13.8. The van der Waals surface area contributed by atoms with Gasteiger partial charge in [-0.1, -0.05) is 11.2 Å². The van der Waals surface area contributed by atoms with E-state index in [1.807, 2.05) is 0 Å². The minimum atomic E-state index is -0.406. The summed E-state index contributed by atoms with van der Waals surface area (Å²) in [6, 6.07) is 4.29. The number of hydrogen-bond donors (Lipinski definition) is 4. The summed E-state index contributed by atoms with van der Waals surface area (Å²) in [7, 11) is 0. The maximum atomic E-state index is 12.3. The first-order valence-electron chi connectivity index (χ1n) is 6.32. The van der Waals surface area contributed by atoms with Crippen LogP contribution in [0.1, 0.15) is 23.2 Å². The van der Waals surface area contributed by atoms with Gasteiger partial charge >= 0.3 is 0 Å². The maximum Gasteiger partial charge on any atom is 0.257 e. The second-order valence-corrected chi connectivity index (χ2v) is 4.76. The number of aromatic hydroxyl groups is 2. The molecule has 0 aromatic heterocycles. The van der Waals surface area contributed by atoms with E-state index in [4.69, 9.17) is 10.9 Å². The van der Waals surface area contributed by atoms with E-state index >= 15 is 0 Å². The van der Waals surface area contributed by atoms with Gasteiger partial charge in [-0.25, -0.2) is 0 Å². The standard InChI is InChI=1S/C13H17N3O4/c14-12(15-20)8-4-6-16(7-5-8)13(19)9-2-1-3-10(17)11(9)18/h1-3,8,17-18,20H,4-7H2,(H2,14,15). The van der Waals surface area contributed by atoms with Crippen molar-refractivity contribution in [3.63, 3.8) is 0 Å². The Morgan fingerprint density at radius 1 is 1.30 bits per heavy atom. The Hall–Kier alpha value is -2.44. The van der Waals surface area contributed by atoms with Gasteiger partial charge in [-0.15, -0.1) is 0 Å². The number of hydrogen-bond acceptors (Lipinski definition) is 5. The zero-order chi connectivity index (χ0) is 14.7. The molecule has 0 radical (unpaired) electrons. The van der Waals surface area contributed by atoms with E-state index in [0.717, 1.165) is 0 Å². The molecule has 0 unspecified atom stereocenters. The van der Waals surface area contributed by atoms with Gasteiger partial charge in [-0.3, -0.25) is 4.79 Å². The third-order valence-corrected chi connectivity index (χ3v) is 3.56. The number of amidine groups is 1. The topological polar surface area (TPSA) is 119 Å². The molecule has 1 aliphatic rings. The quantitative estimate of drug-likeness (QED) is 0.209. The molecule has 0 saturated carbocycles. The summed E-state index contributed by atoms with van der Waals surface area (Å²) < 4.78 is 0. The van der Waals surface area contributed by atoms with Gasteiger partial charge in [0.05, 0.1) is 5.56 Å². The number of amides is 1. The van der Waals surface area contributed by atoms with Crippen LogP contribution >= 0.6 is 0 Å². The third kappa shape index (κ3) is 2.61. The van der Waals surface area contributed by atoms with Crippen LogP contribution in [0.4, 0.5) is 0 Å². The summed E-state index contributed by atoms with van der Waals surface area (Å²) in [6.45, 7) is 0.906. The van der Waals surface area contributed by atoms with Crippen LogP contribution < -0.4 is 5.73 Å². The average molecular weight is 279 g/mol. The van der Waals surface area contributed by atoms with Gasteiger partial charge < -0.3 is 26.1 Å². The normalized spacial score (nSPS) is 17.2. The molecule has 2 rings (SSSR count). The van der Waals surface area contributed by atoms with E-state index in [2.05, 4.69) is 5.16 Å². The molecule has 1 fully saturated rings. The number of nitrogens with zero attached hydrogens (tertiary/aromatic N) is 2. The lowest BCUT2D eigenvalue weighted by Crippen LogP contribution is -2.41. The zero-order valence-electron chi connectivity index (χ0n) is 10.9. The molecule has 1 amide bonds. The van der Waals surface area contributed by atoms with Crippen LogP contribution in [0.25, 0.3) is 0 Å². The fourth-order valence-electron chi connectivity index (χ4n) is 2.33. The zero-order valence-corrected chi connectivity index (χ0v) is 10.9. The van der Waals surface area contributed by atoms with Crippen molar-refractivity contribution in [1.82, 2.24) is 4.90 Å². The van der Waals surface area contributed by atoms with Gasteiger partial charge in [-0.2, -0.15) is 0 Å². The highest BCUT2D eigenvalue weighted by Gasteiger charge is 2.27. The number of nitrogens with two attached hydrogens (primary N) is 1. The number of oxime groups is 1. The molecule has 108 valence electrons. The highest BCUT2D eigenvalue weighted by molar-refractivity contribution is 5.97. The molecular formula is C13H17N3O4. The lowest BCUT2D eigenvalue weighted by molar-refractivity contribution is 0.0705. The molecule has 0 aliphatic carbocycles. The highest BCUT2D eigenvalue weighted by Crippen LogP contribution is 2.30. The van der Waals surface area contributed by atoms with Crippen LogP contribution in [0, 0.1) is 5.92 Å². The molecule has 7 heteroatoms. The van der Waals surface area contributed by atoms with Crippen LogP contribution in [0.15, 0.2) is 23.4 Å². The van der Waals surface area contributed by atoms with Crippen LogP contribution in [0.5, 0.6) is 11.5 Å². The van der Waals surface area contributed by atoms with Gasteiger partial charge in [0.2, 0.25) is 0 Å². The summed E-state index contributed by atoms with van der Waals surface area (Å²) >= 11 is 0. The number of piperidine rings is 1. The molecule has 0 bridgehead atoms. The van der Waals surface area contributed by atoms with Gasteiger partial charge in [-0.05, 0) is 25.0 Å². The van der Waals surface area contributed by atoms with Crippen molar-refractivity contribution in [2.24, 2.45) is 16.8 Å². The summed E-state index contributed by atoms with van der Waals surface area (Å²) in [5.41, 5.74) is 5.62. The Balaban J connectivity index is 2.07. The smallest absolute Gasteiger partial charge is 0.257 e. The Kier molecular flexibility index (Phi) is 3.97. The fourth-order valence-corrected chi connectivity index (χ4v) is 2.33. The fraction of sp³-hybridized carbons (Fsp3) is 0.385. The summed E-state index contributed by atoms with van der Waals surface area (Å²) in [5, 5.41) is 30.7. The first kappa shape index (κ1) is 14.0. The number of para-hydroxylation sites is 1. The van der Waals surface area contributed by atoms with Crippen LogP contribution in [-0.4, -0.2) is 45.2 Å². The minimum absolute atomic E-state index is 0.0400. The van der Waals surface area contributed by atoms with Crippen LogP contribution in [-0.2, 0) is 0 Å². The summed E-state index contributed by atoms with van der Waals surface area (Å²) in [5.74, 6) is -0.922. The maximum absolute atomic E-state index is 12.3. The van der Waals surface area contributed by atoms with Gasteiger partial charge in [0.15, 0.2) is 11.5 Å². The third-order valence-electron chi connectivity index (χ3n) is 3.56. The Morgan fingerprint density at radius 2 is 1.95 bits per heavy atom. The molecule has 1 saturated heterocycles. The first-order valence-corrected chi connectivity index (χ1v) is 6.32. The van der Waals surface area contributed by atoms with Crippen molar-refractivity contribution < 1.29 is 20.2 Å². The first-order chi connectivity index (χ1) is 9.54. The average Bonchev–Trinajstić information content (AvgIpc) is 2.48. The number of phenolic OH excluding ortho intramolecular Hbond substituents is 2. The molecule has 0 spiro atoms. The van der Waals surface area contributed by atoms with Crippen molar-refractivity contribution in [1.29, 1.82) is 0 Å². The van der Waals surface area contributed by atoms with E-state index in [0.29, 0.717) is 25.9 Å². The molecule has 5 N–H and O–H groups in total. The largest absolute Gasteiger partial charge is 0.504 e. The second-order valence-electron chi connectivity index (χ2n) is 4.76. The highest BCUT2D eigenvalue weighted by atomic mass is 16.4. The molecule has 0 atom stereocenters. The van der Waals surface area contributed by atoms with Gasteiger partial charge in [0.1, 0.15) is 5.84 Å². The Bertz CT molecular complexity index is 536. The molecular weight excluding hydrogens is 262 g/mol. The van der Waals surface area contributed by atoms with E-state index in [1.54, 1.807) is 4.90 Å². The SMILES string of the molecule is N/C(=N/O)C1CCN(C(=O)c2cccc(O)c2O)CC1. The summed E-state index contributed by atoms with van der Waals surface area (Å²) in [6.07, 6.45) is 1.20. The van der Waals surface area contributed by atoms with Crippen molar-refractivity contribution in [2.45, 2.75) is 12.8 Å². The van der Waals surface area contributed by atoms with Gasteiger partial charge in [0.25, 0.3) is 5.91 Å². The van der Waals surface area contributed by atoms with Crippen molar-refractivity contribution in [2.75, 3.05) is 13.1 Å². The molecule has 1 aromatic carbocycles. The molecule has 1 heterocycles. The Labute approximate surface area is 115 Å². The molecule has 7 nitrogen and oxygen atoms in total. The van der Waals surface area contributed by atoms with Crippen molar-refractivity contribution in [3.05, 3.63) is 23.8 Å². The predicted molar refractivity (Wildman–Crippen MR) is 71.8 cm³/mol. The predicted octanol–water partition coefficient (Wildman–Crippen LogP) is 0.696. The number of benzene rings is 1. The lowest BCUT2D eigenvalue weighted by Gasteiger charge is -2.31. The van der Waals surface area contributed by atoms with E-state index < -0.39 is 5.75 Å². The molecule has 20 heavy (non-hydrogen) atoms. The lowest BCUT2D eigenvalue weighted by atomic mass is 9.95. The molecule has 1 aliphatic heterocycles. The number of carbonyl (C=O) groups is 1. The van der Waals surface area contributed by atoms with Crippen LogP contribution in [0.2, 0.25) is 0 Å². The Morgan fingerprint density at radius 3 is 2.55 bits per heavy atom. The van der Waals surface area contributed by atoms with E-state index in [9.17, 15) is 15.0 Å². The number of phenols is 2. The minimum Gasteiger partial charge on any atom is -0.504 e. The monoisotopic (exact) mass is 279 g/mol. The number of carbonyl (C=O) groups excluding carboxylic acids is 1. The number of rotatable bonds is 2. The van der Waals surface area contributed by atoms with Crippen LogP contribution in [0.3, 0.4) is 0 Å². The van der Waals surface area contributed by atoms with E-state index in [-0.39, 0.29) is 29.0 Å². The molecule has 1 aromatic rings.